The number of carbonyl (C=O) groups excluding carboxylic acids is 1. The molecule has 0 spiro atoms. The Hall–Kier alpha value is -0.820. The predicted octanol–water partition coefficient (Wildman–Crippen LogP) is 1.38. The first kappa shape index (κ1) is 13.2. The Morgan fingerprint density at radius 3 is 2.94 bits per heavy atom. The number of carbonyl (C=O) groups is 1. The Morgan fingerprint density at radius 1 is 1.69 bits per heavy atom. The lowest BCUT2D eigenvalue weighted by molar-refractivity contribution is 0.153. The van der Waals surface area contributed by atoms with Gasteiger partial charge in [-0.15, -0.1) is 4.91 Å². The van der Waals surface area contributed by atoms with Crippen molar-refractivity contribution < 1.29 is 14.6 Å². The minimum Gasteiger partial charge on any atom is -0.447 e. The molecule has 16 heavy (non-hydrogen) atoms. The summed E-state index contributed by atoms with van der Waals surface area (Å²) in [4.78, 5) is 23.3. The molecule has 1 heterocycles. The summed E-state index contributed by atoms with van der Waals surface area (Å²) >= 11 is 0.903. The van der Waals surface area contributed by atoms with Crippen LogP contribution in [-0.2, 0) is 4.74 Å². The number of nitroso groups, excluding NO2 is 1. The third kappa shape index (κ3) is 2.85. The molecule has 92 valence electrons. The Labute approximate surface area is 98.4 Å². The molecule has 0 aromatic heterocycles. The zero-order chi connectivity index (χ0) is 12.2. The second-order valence-corrected chi connectivity index (χ2v) is 5.52. The summed E-state index contributed by atoms with van der Waals surface area (Å²) in [5.41, 5.74) is 0. The molecule has 1 N–H and O–H groups in total. The minimum atomic E-state index is -0.483. The zero-order valence-electron chi connectivity index (χ0n) is 9.38. The van der Waals surface area contributed by atoms with Gasteiger partial charge in [0.1, 0.15) is 6.61 Å². The summed E-state index contributed by atoms with van der Waals surface area (Å²) in [6, 6.07) is -0.186. The number of ether oxygens (including phenoxy) is 1. The summed E-state index contributed by atoms with van der Waals surface area (Å²) in [5, 5.41) is 8.75. The highest BCUT2D eigenvalue weighted by Crippen LogP contribution is 2.34. The fourth-order valence-electron chi connectivity index (χ4n) is 1.67. The molecule has 7 heteroatoms. The maximum atomic E-state index is 11.4. The highest BCUT2D eigenvalue weighted by atomic mass is 32.2. The smallest absolute Gasteiger partial charge is 0.410 e. The van der Waals surface area contributed by atoms with E-state index in [0.717, 1.165) is 11.9 Å². The third-order valence-electron chi connectivity index (χ3n) is 2.61. The second-order valence-electron chi connectivity index (χ2n) is 4.13. The number of amides is 1. The first-order chi connectivity index (χ1) is 7.53. The molecule has 0 radical (unpaired) electrons. The molecular weight excluding hydrogens is 232 g/mol. The molecule has 1 aliphatic heterocycles. The largest absolute Gasteiger partial charge is 0.447 e. The lowest BCUT2D eigenvalue weighted by Gasteiger charge is -2.32. The first-order valence-corrected chi connectivity index (χ1v) is 5.85. The summed E-state index contributed by atoms with van der Waals surface area (Å²) in [5.74, 6) is 0. The van der Waals surface area contributed by atoms with Crippen LogP contribution in [0.2, 0.25) is 0 Å². The predicted molar refractivity (Wildman–Crippen MR) is 61.0 cm³/mol. The lowest BCUT2D eigenvalue weighted by atomic mass is 10.0. The number of aliphatic hydroxyl groups excluding tert-OH is 1. The topological polar surface area (TPSA) is 79.2 Å². The summed E-state index contributed by atoms with van der Waals surface area (Å²) < 4.78 is 7.29. The molecule has 1 unspecified atom stereocenters. The standard InChI is InChI=1S/C9H16N2O4S/c1-9(2,16-10-14)7-6-15-8(13)11(7)4-3-5-12/h7,12H,3-6H2,1-2H3. The molecule has 0 aromatic rings. The molecule has 1 aliphatic rings. The molecule has 1 saturated heterocycles. The molecule has 0 aliphatic carbocycles. The first-order valence-electron chi connectivity index (χ1n) is 5.08. The van der Waals surface area contributed by atoms with E-state index in [0.29, 0.717) is 13.0 Å². The van der Waals surface area contributed by atoms with Crippen LogP contribution in [0.15, 0.2) is 4.58 Å². The van der Waals surface area contributed by atoms with E-state index in [4.69, 9.17) is 9.84 Å². The van der Waals surface area contributed by atoms with Gasteiger partial charge < -0.3 is 14.7 Å². The van der Waals surface area contributed by atoms with Crippen molar-refractivity contribution in [2.24, 2.45) is 4.58 Å². The fraction of sp³-hybridized carbons (Fsp3) is 0.889. The van der Waals surface area contributed by atoms with E-state index in [1.807, 2.05) is 13.8 Å². The van der Waals surface area contributed by atoms with Gasteiger partial charge in [-0.1, -0.05) is 0 Å². The van der Waals surface area contributed by atoms with Crippen molar-refractivity contribution in [2.75, 3.05) is 19.8 Å². The van der Waals surface area contributed by atoms with Gasteiger partial charge in [0.05, 0.1) is 10.8 Å². The second kappa shape index (κ2) is 5.49. The summed E-state index contributed by atoms with van der Waals surface area (Å²) in [6.07, 6.45) is 0.110. The monoisotopic (exact) mass is 248 g/mol. The fourth-order valence-corrected chi connectivity index (χ4v) is 2.18. The Balaban J connectivity index is 2.70. The molecule has 1 atom stereocenters. The van der Waals surface area contributed by atoms with E-state index in [9.17, 15) is 9.70 Å². The van der Waals surface area contributed by atoms with Gasteiger partial charge in [0.25, 0.3) is 0 Å². The number of nitrogens with zero attached hydrogens (tertiary/aromatic N) is 2. The van der Waals surface area contributed by atoms with Crippen molar-refractivity contribution in [1.82, 2.24) is 4.90 Å². The van der Waals surface area contributed by atoms with Crippen molar-refractivity contribution in [1.29, 1.82) is 0 Å². The number of rotatable bonds is 6. The van der Waals surface area contributed by atoms with E-state index < -0.39 is 10.8 Å². The maximum Gasteiger partial charge on any atom is 0.410 e. The number of hydrogen-bond acceptors (Lipinski definition) is 6. The van der Waals surface area contributed by atoms with Crippen LogP contribution in [0.25, 0.3) is 0 Å². The van der Waals surface area contributed by atoms with Crippen LogP contribution in [0.3, 0.4) is 0 Å². The average Bonchev–Trinajstić information content (AvgIpc) is 2.57. The minimum absolute atomic E-state index is 0.0238. The molecule has 1 fully saturated rings. The van der Waals surface area contributed by atoms with E-state index in [-0.39, 0.29) is 19.3 Å². The third-order valence-corrected chi connectivity index (χ3v) is 3.42. The normalized spacial score (nSPS) is 21.1. The van der Waals surface area contributed by atoms with E-state index in [1.54, 1.807) is 4.90 Å². The van der Waals surface area contributed by atoms with E-state index >= 15 is 0 Å². The van der Waals surface area contributed by atoms with Crippen LogP contribution in [0.5, 0.6) is 0 Å². The highest BCUT2D eigenvalue weighted by molar-refractivity contribution is 7.99. The molecule has 0 bridgehead atoms. The van der Waals surface area contributed by atoms with Gasteiger partial charge in [-0.3, -0.25) is 0 Å². The van der Waals surface area contributed by atoms with Crippen molar-refractivity contribution in [2.45, 2.75) is 31.1 Å². The lowest BCUT2D eigenvalue weighted by Crippen LogP contribution is -2.46. The molecule has 6 nitrogen and oxygen atoms in total. The van der Waals surface area contributed by atoms with Crippen LogP contribution in [0, 0.1) is 4.91 Å². The number of hydrogen-bond donors (Lipinski definition) is 1. The summed E-state index contributed by atoms with van der Waals surface area (Å²) in [7, 11) is 0. The van der Waals surface area contributed by atoms with Crippen LogP contribution in [0.4, 0.5) is 4.79 Å². The van der Waals surface area contributed by atoms with Gasteiger partial charge in [0, 0.05) is 29.7 Å². The van der Waals surface area contributed by atoms with Crippen LogP contribution >= 0.6 is 11.9 Å². The molecule has 1 amide bonds. The van der Waals surface area contributed by atoms with Gasteiger partial charge >= 0.3 is 6.09 Å². The maximum absolute atomic E-state index is 11.4. The molecular formula is C9H16N2O4S. The molecule has 1 rings (SSSR count). The van der Waals surface area contributed by atoms with Gasteiger partial charge in [-0.25, -0.2) is 4.79 Å². The number of aliphatic hydroxyl groups is 1. The zero-order valence-corrected chi connectivity index (χ0v) is 10.2. The molecule has 0 aromatic carbocycles. The van der Waals surface area contributed by atoms with Gasteiger partial charge in [0.2, 0.25) is 0 Å². The van der Waals surface area contributed by atoms with Crippen molar-refractivity contribution in [3.63, 3.8) is 0 Å². The van der Waals surface area contributed by atoms with Crippen molar-refractivity contribution in [3.8, 4) is 0 Å². The Kier molecular flexibility index (Phi) is 4.55. The molecule has 0 saturated carbocycles. The van der Waals surface area contributed by atoms with Crippen molar-refractivity contribution >= 4 is 18.0 Å². The van der Waals surface area contributed by atoms with Gasteiger partial charge in [-0.2, -0.15) is 0 Å². The Bertz CT molecular complexity index is 272. The SMILES string of the molecule is CC(C)(SN=O)C1COC(=O)N1CCCO. The van der Waals surface area contributed by atoms with E-state index in [1.165, 1.54) is 0 Å². The van der Waals surface area contributed by atoms with Crippen LogP contribution in [0.1, 0.15) is 20.3 Å². The average molecular weight is 248 g/mol. The highest BCUT2D eigenvalue weighted by Gasteiger charge is 2.43. The van der Waals surface area contributed by atoms with Gasteiger partial charge in [-0.05, 0) is 20.3 Å². The van der Waals surface area contributed by atoms with Crippen LogP contribution < -0.4 is 0 Å². The van der Waals surface area contributed by atoms with Crippen LogP contribution in [-0.4, -0.2) is 46.6 Å². The number of cyclic esters (lactones) is 1. The Morgan fingerprint density at radius 2 is 2.38 bits per heavy atom. The van der Waals surface area contributed by atoms with Crippen molar-refractivity contribution in [3.05, 3.63) is 4.91 Å². The van der Waals surface area contributed by atoms with E-state index in [2.05, 4.69) is 4.58 Å². The quantitative estimate of drug-likeness (QED) is 0.567. The van der Waals surface area contributed by atoms with Gasteiger partial charge in [0.15, 0.2) is 0 Å². The summed E-state index contributed by atoms with van der Waals surface area (Å²) in [6.45, 7) is 4.41.